The van der Waals surface area contributed by atoms with Crippen molar-refractivity contribution in [3.05, 3.63) is 27.7 Å². The van der Waals surface area contributed by atoms with Gasteiger partial charge in [-0.1, -0.05) is 23.2 Å². The summed E-state index contributed by atoms with van der Waals surface area (Å²) in [5.41, 5.74) is 0.478. The number of ether oxygens (including phenoxy) is 1. The highest BCUT2D eigenvalue weighted by Crippen LogP contribution is 2.54. The SMILES string of the molecule is COc1cc(Cl)c(C2(CC(=O)O)CC2)cc1Cl. The number of aliphatic carboxylic acids is 1. The summed E-state index contributed by atoms with van der Waals surface area (Å²) in [6, 6.07) is 3.36. The average Bonchev–Trinajstić information content (AvgIpc) is 3.00. The van der Waals surface area contributed by atoms with Crippen molar-refractivity contribution in [3.63, 3.8) is 0 Å². The van der Waals surface area contributed by atoms with Crippen LogP contribution in [0.5, 0.6) is 5.75 Å². The Morgan fingerprint density at radius 3 is 2.53 bits per heavy atom. The fraction of sp³-hybridized carbons (Fsp3) is 0.417. The van der Waals surface area contributed by atoms with E-state index in [4.69, 9.17) is 33.0 Å². The van der Waals surface area contributed by atoms with Crippen molar-refractivity contribution in [2.45, 2.75) is 24.7 Å². The minimum atomic E-state index is -0.814. The summed E-state index contributed by atoms with van der Waals surface area (Å²) < 4.78 is 5.06. The lowest BCUT2D eigenvalue weighted by molar-refractivity contribution is -0.137. The van der Waals surface area contributed by atoms with E-state index < -0.39 is 5.97 Å². The summed E-state index contributed by atoms with van der Waals surface area (Å²) in [4.78, 5) is 10.8. The zero-order chi connectivity index (χ0) is 12.6. The molecular weight excluding hydrogens is 263 g/mol. The Bertz CT molecular complexity index is 467. The molecule has 2 rings (SSSR count). The van der Waals surface area contributed by atoms with Crippen LogP contribution in [0, 0.1) is 0 Å². The topological polar surface area (TPSA) is 46.5 Å². The van der Waals surface area contributed by atoms with Crippen molar-refractivity contribution >= 4 is 29.2 Å². The fourth-order valence-corrected chi connectivity index (χ4v) is 2.67. The van der Waals surface area contributed by atoms with Crippen molar-refractivity contribution < 1.29 is 14.6 Å². The van der Waals surface area contributed by atoms with E-state index in [0.29, 0.717) is 15.8 Å². The van der Waals surface area contributed by atoms with Gasteiger partial charge < -0.3 is 9.84 Å². The molecule has 17 heavy (non-hydrogen) atoms. The van der Waals surface area contributed by atoms with Gasteiger partial charge in [0.1, 0.15) is 5.75 Å². The van der Waals surface area contributed by atoms with Crippen LogP contribution in [-0.4, -0.2) is 18.2 Å². The summed E-state index contributed by atoms with van der Waals surface area (Å²) in [6.45, 7) is 0. The Morgan fingerprint density at radius 1 is 1.41 bits per heavy atom. The molecule has 0 bridgehead atoms. The number of carboxylic acids is 1. The number of methoxy groups -OCH3 is 1. The van der Waals surface area contributed by atoms with E-state index in [-0.39, 0.29) is 11.8 Å². The molecule has 1 aromatic rings. The van der Waals surface area contributed by atoms with Gasteiger partial charge in [0.2, 0.25) is 0 Å². The predicted octanol–water partition coefficient (Wildman–Crippen LogP) is 3.51. The van der Waals surface area contributed by atoms with Gasteiger partial charge >= 0.3 is 5.97 Å². The second kappa shape index (κ2) is 4.39. The molecule has 0 saturated heterocycles. The summed E-state index contributed by atoms with van der Waals surface area (Å²) in [6.07, 6.45) is 1.76. The third kappa shape index (κ3) is 2.35. The molecular formula is C12H12Cl2O3. The van der Waals surface area contributed by atoms with E-state index in [1.54, 1.807) is 12.1 Å². The first-order chi connectivity index (χ1) is 7.98. The summed E-state index contributed by atoms with van der Waals surface area (Å²) in [7, 11) is 1.52. The number of hydrogen-bond donors (Lipinski definition) is 1. The normalized spacial score (nSPS) is 16.6. The number of hydrogen-bond acceptors (Lipinski definition) is 2. The van der Waals surface area contributed by atoms with Crippen LogP contribution in [-0.2, 0) is 10.2 Å². The van der Waals surface area contributed by atoms with Crippen LogP contribution in [0.2, 0.25) is 10.0 Å². The van der Waals surface area contributed by atoms with E-state index in [2.05, 4.69) is 0 Å². The quantitative estimate of drug-likeness (QED) is 0.914. The summed E-state index contributed by atoms with van der Waals surface area (Å²) >= 11 is 12.2. The lowest BCUT2D eigenvalue weighted by Gasteiger charge is -2.16. The van der Waals surface area contributed by atoms with Crippen molar-refractivity contribution in [1.82, 2.24) is 0 Å². The molecule has 1 aliphatic rings. The molecule has 1 saturated carbocycles. The molecule has 1 aromatic carbocycles. The Kier molecular flexibility index (Phi) is 3.23. The van der Waals surface area contributed by atoms with E-state index in [0.717, 1.165) is 18.4 Å². The predicted molar refractivity (Wildman–Crippen MR) is 66.2 cm³/mol. The van der Waals surface area contributed by atoms with E-state index in [1.807, 2.05) is 0 Å². The Hall–Kier alpha value is -0.930. The monoisotopic (exact) mass is 274 g/mol. The van der Waals surface area contributed by atoms with Gasteiger partial charge in [0.25, 0.3) is 0 Å². The van der Waals surface area contributed by atoms with E-state index >= 15 is 0 Å². The lowest BCUT2D eigenvalue weighted by atomic mass is 9.92. The van der Waals surface area contributed by atoms with E-state index in [9.17, 15) is 4.79 Å². The molecule has 0 unspecified atom stereocenters. The van der Waals surface area contributed by atoms with Gasteiger partial charge in [0, 0.05) is 16.5 Å². The zero-order valence-electron chi connectivity index (χ0n) is 9.30. The average molecular weight is 275 g/mol. The summed E-state index contributed by atoms with van der Waals surface area (Å²) in [5.74, 6) is -0.308. The van der Waals surface area contributed by atoms with E-state index in [1.165, 1.54) is 7.11 Å². The van der Waals surface area contributed by atoms with Gasteiger partial charge in [-0.15, -0.1) is 0 Å². The summed E-state index contributed by atoms with van der Waals surface area (Å²) in [5, 5.41) is 9.89. The second-order valence-electron chi connectivity index (χ2n) is 4.32. The standard InChI is InChI=1S/C12H12Cl2O3/c1-17-10-5-8(13)7(4-9(10)14)12(2-3-12)6-11(15)16/h4-5H,2-3,6H2,1H3,(H,15,16). The van der Waals surface area contributed by atoms with Gasteiger partial charge in [-0.3, -0.25) is 4.79 Å². The Morgan fingerprint density at radius 2 is 2.06 bits per heavy atom. The molecule has 0 atom stereocenters. The van der Waals surface area contributed by atoms with Gasteiger partial charge in [-0.2, -0.15) is 0 Å². The zero-order valence-corrected chi connectivity index (χ0v) is 10.8. The van der Waals surface area contributed by atoms with Crippen LogP contribution in [0.4, 0.5) is 0 Å². The van der Waals surface area contributed by atoms with Crippen molar-refractivity contribution in [1.29, 1.82) is 0 Å². The van der Waals surface area contributed by atoms with Crippen molar-refractivity contribution in [2.75, 3.05) is 7.11 Å². The molecule has 0 heterocycles. The molecule has 1 aliphatic carbocycles. The van der Waals surface area contributed by atoms with Gasteiger partial charge in [-0.05, 0) is 24.5 Å². The first-order valence-corrected chi connectivity index (χ1v) is 5.99. The molecule has 0 aliphatic heterocycles. The van der Waals surface area contributed by atoms with Crippen LogP contribution in [0.25, 0.3) is 0 Å². The lowest BCUT2D eigenvalue weighted by Crippen LogP contribution is -2.13. The highest BCUT2D eigenvalue weighted by atomic mass is 35.5. The molecule has 1 N–H and O–H groups in total. The molecule has 92 valence electrons. The maximum Gasteiger partial charge on any atom is 0.304 e. The van der Waals surface area contributed by atoms with Crippen LogP contribution in [0.1, 0.15) is 24.8 Å². The number of carboxylic acid groups (broad SMARTS) is 1. The smallest absolute Gasteiger partial charge is 0.304 e. The number of halogens is 2. The third-order valence-electron chi connectivity index (χ3n) is 3.16. The minimum Gasteiger partial charge on any atom is -0.495 e. The first kappa shape index (κ1) is 12.5. The van der Waals surface area contributed by atoms with Crippen LogP contribution in [0.3, 0.4) is 0 Å². The molecule has 1 fully saturated rings. The fourth-order valence-electron chi connectivity index (χ4n) is 2.07. The van der Waals surface area contributed by atoms with Gasteiger partial charge in [0.05, 0.1) is 18.6 Å². The maximum absolute atomic E-state index is 10.8. The highest BCUT2D eigenvalue weighted by Gasteiger charge is 2.47. The van der Waals surface area contributed by atoms with Crippen molar-refractivity contribution in [3.8, 4) is 5.75 Å². The number of benzene rings is 1. The van der Waals surface area contributed by atoms with Crippen LogP contribution < -0.4 is 4.74 Å². The Labute approximate surface area is 109 Å². The Balaban J connectivity index is 2.39. The maximum atomic E-state index is 10.8. The second-order valence-corrected chi connectivity index (χ2v) is 5.13. The molecule has 5 heteroatoms. The minimum absolute atomic E-state index is 0.0926. The molecule has 0 aromatic heterocycles. The molecule has 0 amide bonds. The highest BCUT2D eigenvalue weighted by molar-refractivity contribution is 6.34. The van der Waals surface area contributed by atoms with Gasteiger partial charge in [0.15, 0.2) is 0 Å². The first-order valence-electron chi connectivity index (χ1n) is 5.24. The molecule has 0 radical (unpaired) electrons. The molecule has 0 spiro atoms. The number of rotatable bonds is 4. The molecule has 3 nitrogen and oxygen atoms in total. The number of carbonyl (C=O) groups is 1. The third-order valence-corrected chi connectivity index (χ3v) is 3.76. The van der Waals surface area contributed by atoms with Crippen LogP contribution in [0.15, 0.2) is 12.1 Å². The largest absolute Gasteiger partial charge is 0.495 e. The van der Waals surface area contributed by atoms with Crippen molar-refractivity contribution in [2.24, 2.45) is 0 Å². The van der Waals surface area contributed by atoms with Gasteiger partial charge in [-0.25, -0.2) is 0 Å². The van der Waals surface area contributed by atoms with Crippen LogP contribution >= 0.6 is 23.2 Å².